The lowest BCUT2D eigenvalue weighted by molar-refractivity contribution is -0.145. The van der Waals surface area contributed by atoms with Crippen molar-refractivity contribution in [3.8, 4) is 0 Å². The van der Waals surface area contributed by atoms with Gasteiger partial charge in [-0.3, -0.25) is 19.2 Å². The number of fused-ring (bicyclic) bond motifs is 1. The van der Waals surface area contributed by atoms with Crippen molar-refractivity contribution in [1.29, 1.82) is 0 Å². The fourth-order valence-corrected chi connectivity index (χ4v) is 9.52. The van der Waals surface area contributed by atoms with Crippen LogP contribution >= 0.6 is 0 Å². The quantitative estimate of drug-likeness (QED) is 0.123. The monoisotopic (exact) mass is 691 g/mol. The molecule has 12 nitrogen and oxygen atoms in total. The summed E-state index contributed by atoms with van der Waals surface area (Å²) in [7, 11) is -3.39. The molecule has 3 aliphatic carbocycles. The Balaban J connectivity index is 1.53. The molecule has 4 aliphatic rings. The van der Waals surface area contributed by atoms with Crippen LogP contribution in [0.5, 0.6) is 0 Å². The summed E-state index contributed by atoms with van der Waals surface area (Å²) in [6.45, 7) is 13.8. The number of nitrogens with zero attached hydrogens (tertiary/aromatic N) is 1. The van der Waals surface area contributed by atoms with Crippen molar-refractivity contribution in [3.05, 3.63) is 12.7 Å². The van der Waals surface area contributed by atoms with Gasteiger partial charge in [0.15, 0.2) is 0 Å². The van der Waals surface area contributed by atoms with Gasteiger partial charge in [0.05, 0.1) is 17.3 Å². The number of rotatable bonds is 14. The molecule has 4 fully saturated rings. The summed E-state index contributed by atoms with van der Waals surface area (Å²) in [5.74, 6) is -2.35. The van der Waals surface area contributed by atoms with E-state index < -0.39 is 68.5 Å². The van der Waals surface area contributed by atoms with Crippen molar-refractivity contribution in [2.24, 2.45) is 28.6 Å². The topological polar surface area (TPSA) is 171 Å². The van der Waals surface area contributed by atoms with Crippen LogP contribution in [0.4, 0.5) is 4.79 Å². The molecular weight excluding hydrogens is 634 g/mol. The Morgan fingerprint density at radius 2 is 1.65 bits per heavy atom. The number of Topliss-reactive ketones (excluding diaryl/α,β-unsaturated/α-hetero) is 1. The van der Waals surface area contributed by atoms with Crippen molar-refractivity contribution >= 4 is 39.4 Å². The molecule has 270 valence electrons. The number of piperidine rings is 1. The molecule has 0 aromatic carbocycles. The molecular formula is C35H57N5O7S. The van der Waals surface area contributed by atoms with Crippen molar-refractivity contribution in [2.45, 2.75) is 122 Å². The summed E-state index contributed by atoms with van der Waals surface area (Å²) >= 11 is 0. The van der Waals surface area contributed by atoms with Crippen LogP contribution in [0.2, 0.25) is 0 Å². The molecule has 3 saturated carbocycles. The zero-order chi connectivity index (χ0) is 35.7. The van der Waals surface area contributed by atoms with E-state index in [9.17, 15) is 32.4 Å². The zero-order valence-corrected chi connectivity index (χ0v) is 30.5. The molecule has 4 N–H and O–H groups in total. The van der Waals surface area contributed by atoms with E-state index in [0.29, 0.717) is 32.2 Å². The summed E-state index contributed by atoms with van der Waals surface area (Å²) < 4.78 is 24.6. The van der Waals surface area contributed by atoms with Gasteiger partial charge in [-0.15, -0.1) is 6.58 Å². The lowest BCUT2D eigenvalue weighted by atomic mass is 9.80. The molecule has 0 aromatic rings. The number of amides is 5. The molecule has 1 saturated heterocycles. The highest BCUT2D eigenvalue weighted by atomic mass is 32.2. The average molecular weight is 692 g/mol. The highest BCUT2D eigenvalue weighted by Crippen LogP contribution is 2.65. The second-order valence-corrected chi connectivity index (χ2v) is 18.6. The zero-order valence-electron chi connectivity index (χ0n) is 29.7. The fourth-order valence-electron chi connectivity index (χ4n) is 8.16. The third-order valence-corrected chi connectivity index (χ3v) is 12.2. The lowest BCUT2D eigenvalue weighted by Gasteiger charge is -2.40. The van der Waals surface area contributed by atoms with E-state index in [-0.39, 0.29) is 35.5 Å². The van der Waals surface area contributed by atoms with Gasteiger partial charge in [0.2, 0.25) is 17.6 Å². The number of carbonyl (C=O) groups excluding carboxylic acids is 5. The van der Waals surface area contributed by atoms with E-state index in [2.05, 4.69) is 41.7 Å². The molecule has 4 rings (SSSR count). The summed E-state index contributed by atoms with van der Waals surface area (Å²) in [5.41, 5.74) is -1.86. The van der Waals surface area contributed by atoms with Gasteiger partial charge in [-0.2, -0.15) is 0 Å². The van der Waals surface area contributed by atoms with Crippen molar-refractivity contribution < 1.29 is 32.4 Å². The minimum absolute atomic E-state index is 0.0647. The van der Waals surface area contributed by atoms with Crippen LogP contribution in [-0.2, 0) is 29.0 Å². The first-order valence-corrected chi connectivity index (χ1v) is 19.7. The minimum Gasteiger partial charge on any atom is -0.349 e. The van der Waals surface area contributed by atoms with E-state index in [1.54, 1.807) is 6.08 Å². The lowest BCUT2D eigenvalue weighted by Crippen LogP contribution is -2.64. The molecule has 2 unspecified atom stereocenters. The predicted octanol–water partition coefficient (Wildman–Crippen LogP) is 2.87. The molecule has 5 amide bonds. The minimum atomic E-state index is -3.39. The number of urea groups is 1. The van der Waals surface area contributed by atoms with Gasteiger partial charge in [-0.1, -0.05) is 79.2 Å². The number of carbonyl (C=O) groups is 5. The molecule has 0 bridgehead atoms. The van der Waals surface area contributed by atoms with E-state index in [1.165, 1.54) is 4.90 Å². The maximum atomic E-state index is 14.4. The summed E-state index contributed by atoms with van der Waals surface area (Å²) in [6.07, 6.45) is 10.2. The van der Waals surface area contributed by atoms with Gasteiger partial charge in [-0.25, -0.2) is 13.2 Å². The summed E-state index contributed by atoms with van der Waals surface area (Å²) in [5, 5.41) is 11.3. The van der Waals surface area contributed by atoms with E-state index in [0.717, 1.165) is 44.8 Å². The standard InChI is InChI=1S/C35H57N5O7S/c1-8-9-18-36-30(43)27(41)24(19-22-14-13-15-22)37-29(42)26-25-23(34(25,5)6)20-40(26)31(44)28(33(2,3)4)38-32(45)39-35(21-48(7,46)47)16-11-10-12-17-35/h8,22-26,28H,1,9-21H2,2-7H3,(H,36,43)(H,37,42)(H2,38,39,45)/t23-,24?,25?,26-,28+/m0/s1. The third kappa shape index (κ3) is 8.79. The van der Waals surface area contributed by atoms with Crippen LogP contribution in [0.25, 0.3) is 0 Å². The molecule has 5 atom stereocenters. The van der Waals surface area contributed by atoms with Crippen LogP contribution in [0, 0.1) is 28.6 Å². The Hall–Kier alpha value is -2.96. The van der Waals surface area contributed by atoms with Crippen LogP contribution < -0.4 is 21.3 Å². The van der Waals surface area contributed by atoms with Crippen molar-refractivity contribution in [1.82, 2.24) is 26.2 Å². The summed E-state index contributed by atoms with van der Waals surface area (Å²) in [4.78, 5) is 69.7. The first-order valence-electron chi connectivity index (χ1n) is 17.6. The van der Waals surface area contributed by atoms with E-state index >= 15 is 0 Å². The van der Waals surface area contributed by atoms with Crippen molar-refractivity contribution in [3.63, 3.8) is 0 Å². The number of likely N-dealkylation sites (tertiary alicyclic amines) is 1. The first-order chi connectivity index (χ1) is 22.3. The normalized spacial score (nSPS) is 25.8. The SMILES string of the molecule is C=CCCNC(=O)C(=O)C(CC1CCC1)NC(=O)[C@@H]1C2[C@H](CN1C(=O)[C@@H](NC(=O)NC1(CS(C)(=O)=O)CCCCC1)C(C)(C)C)C2(C)C. The molecule has 13 heteroatoms. The largest absolute Gasteiger partial charge is 0.349 e. The van der Waals surface area contributed by atoms with Crippen LogP contribution in [0.15, 0.2) is 12.7 Å². The number of nitrogens with one attached hydrogen (secondary N) is 4. The smallest absolute Gasteiger partial charge is 0.315 e. The van der Waals surface area contributed by atoms with E-state index in [4.69, 9.17) is 0 Å². The maximum absolute atomic E-state index is 14.4. The highest BCUT2D eigenvalue weighted by molar-refractivity contribution is 7.90. The molecule has 48 heavy (non-hydrogen) atoms. The first kappa shape index (κ1) is 37.9. The van der Waals surface area contributed by atoms with E-state index in [1.807, 2.05) is 20.8 Å². The Morgan fingerprint density at radius 3 is 2.19 bits per heavy atom. The number of sulfone groups is 1. The van der Waals surface area contributed by atoms with Gasteiger partial charge in [-0.05, 0) is 54.3 Å². The maximum Gasteiger partial charge on any atom is 0.315 e. The molecule has 0 radical (unpaired) electrons. The van der Waals surface area contributed by atoms with Gasteiger partial charge < -0.3 is 26.2 Å². The second-order valence-electron chi connectivity index (χ2n) is 16.5. The Bertz CT molecular complexity index is 1380. The second kappa shape index (κ2) is 14.5. The number of hydrogen-bond acceptors (Lipinski definition) is 7. The molecule has 0 aromatic heterocycles. The highest BCUT2D eigenvalue weighted by Gasteiger charge is 2.70. The Morgan fingerprint density at radius 1 is 1.00 bits per heavy atom. The van der Waals surface area contributed by atoms with Crippen LogP contribution in [0.3, 0.4) is 0 Å². The number of hydrogen-bond donors (Lipinski definition) is 4. The molecule has 1 aliphatic heterocycles. The average Bonchev–Trinajstić information content (AvgIpc) is 3.26. The predicted molar refractivity (Wildman–Crippen MR) is 183 cm³/mol. The van der Waals surface area contributed by atoms with Gasteiger partial charge >= 0.3 is 6.03 Å². The third-order valence-electron chi connectivity index (χ3n) is 11.2. The van der Waals surface area contributed by atoms with Crippen LogP contribution in [-0.4, -0.2) is 91.6 Å². The fraction of sp³-hybridized carbons (Fsp3) is 0.800. The van der Waals surface area contributed by atoms with Gasteiger partial charge in [0.1, 0.15) is 21.9 Å². The molecule has 1 heterocycles. The summed E-state index contributed by atoms with van der Waals surface area (Å²) in [6, 6.07) is -3.51. The number of ketones is 1. The molecule has 0 spiro atoms. The van der Waals surface area contributed by atoms with Crippen LogP contribution in [0.1, 0.15) is 98.8 Å². The van der Waals surface area contributed by atoms with Gasteiger partial charge in [0, 0.05) is 19.3 Å². The Labute approximate surface area is 286 Å². The Kier molecular flexibility index (Phi) is 11.4. The van der Waals surface area contributed by atoms with Gasteiger partial charge in [0.25, 0.3) is 5.91 Å². The van der Waals surface area contributed by atoms with Crippen molar-refractivity contribution in [2.75, 3.05) is 25.1 Å².